The second-order valence-corrected chi connectivity index (χ2v) is 6.07. The van der Waals surface area contributed by atoms with Gasteiger partial charge in [-0.25, -0.2) is 4.79 Å². The van der Waals surface area contributed by atoms with Gasteiger partial charge < -0.3 is 19.7 Å². The first-order chi connectivity index (χ1) is 11.1. The van der Waals surface area contributed by atoms with Gasteiger partial charge in [0.05, 0.1) is 12.6 Å². The van der Waals surface area contributed by atoms with Crippen LogP contribution in [-0.4, -0.2) is 49.4 Å². The van der Waals surface area contributed by atoms with Gasteiger partial charge in [0.2, 0.25) is 0 Å². The van der Waals surface area contributed by atoms with Crippen molar-refractivity contribution in [1.82, 2.24) is 10.2 Å². The lowest BCUT2D eigenvalue weighted by Gasteiger charge is -2.32. The third-order valence-corrected chi connectivity index (χ3v) is 4.00. The highest BCUT2D eigenvalue weighted by molar-refractivity contribution is 5.74. The third kappa shape index (κ3) is 5.75. The summed E-state index contributed by atoms with van der Waals surface area (Å²) in [4.78, 5) is 14.0. The number of piperidine rings is 1. The molecule has 1 saturated heterocycles. The number of nitrogens with one attached hydrogen (secondary N) is 1. The molecule has 23 heavy (non-hydrogen) atoms. The van der Waals surface area contributed by atoms with Crippen molar-refractivity contribution < 1.29 is 14.3 Å². The van der Waals surface area contributed by atoms with Gasteiger partial charge in [-0.15, -0.1) is 0 Å². The fraction of sp³-hybridized carbons (Fsp3) is 0.611. The molecule has 1 aromatic rings. The summed E-state index contributed by atoms with van der Waals surface area (Å²) in [6, 6.07) is 7.92. The maximum atomic E-state index is 12.2. The Morgan fingerprint density at radius 2 is 2.13 bits per heavy atom. The topological polar surface area (TPSA) is 50.8 Å². The number of amides is 2. The van der Waals surface area contributed by atoms with Crippen LogP contribution >= 0.6 is 0 Å². The van der Waals surface area contributed by atoms with Crippen molar-refractivity contribution in [3.05, 3.63) is 29.8 Å². The Morgan fingerprint density at radius 1 is 1.39 bits per heavy atom. The van der Waals surface area contributed by atoms with Gasteiger partial charge in [-0.3, -0.25) is 0 Å². The number of rotatable bonds is 6. The van der Waals surface area contributed by atoms with Crippen LogP contribution in [0.1, 0.15) is 32.3 Å². The second kappa shape index (κ2) is 8.77. The molecule has 1 N–H and O–H groups in total. The minimum atomic E-state index is -0.0679. The van der Waals surface area contributed by atoms with Gasteiger partial charge in [0.1, 0.15) is 11.9 Å². The smallest absolute Gasteiger partial charge is 0.317 e. The van der Waals surface area contributed by atoms with Crippen molar-refractivity contribution in [2.75, 3.05) is 26.2 Å². The molecule has 1 heterocycles. The predicted molar refractivity (Wildman–Crippen MR) is 90.9 cm³/mol. The SMILES string of the molecule is CCOC1CCN(C(=O)NC[C@@H](C)Oc2cccc(C)c2)CC1. The fourth-order valence-corrected chi connectivity index (χ4v) is 2.77. The van der Waals surface area contributed by atoms with Gasteiger partial charge in [0.15, 0.2) is 0 Å². The van der Waals surface area contributed by atoms with E-state index in [4.69, 9.17) is 9.47 Å². The number of ether oxygens (including phenoxy) is 2. The van der Waals surface area contributed by atoms with Crippen LogP contribution in [0.5, 0.6) is 5.75 Å². The zero-order valence-electron chi connectivity index (χ0n) is 14.4. The number of carbonyl (C=O) groups excluding carboxylic acids is 1. The highest BCUT2D eigenvalue weighted by Crippen LogP contribution is 2.15. The van der Waals surface area contributed by atoms with Gasteiger partial charge in [-0.1, -0.05) is 12.1 Å². The zero-order chi connectivity index (χ0) is 16.7. The minimum absolute atomic E-state index is 0.0142. The number of urea groups is 1. The Hall–Kier alpha value is -1.75. The molecule has 128 valence electrons. The van der Waals surface area contributed by atoms with E-state index >= 15 is 0 Å². The number of carbonyl (C=O) groups is 1. The number of hydrogen-bond donors (Lipinski definition) is 1. The van der Waals surface area contributed by atoms with Crippen molar-refractivity contribution in [2.24, 2.45) is 0 Å². The first-order valence-electron chi connectivity index (χ1n) is 8.46. The molecule has 0 aromatic heterocycles. The molecule has 1 aliphatic rings. The molecule has 0 radical (unpaired) electrons. The molecule has 0 spiro atoms. The summed E-state index contributed by atoms with van der Waals surface area (Å²) in [7, 11) is 0. The van der Waals surface area contributed by atoms with E-state index in [2.05, 4.69) is 5.32 Å². The average Bonchev–Trinajstić information content (AvgIpc) is 2.54. The van der Waals surface area contributed by atoms with E-state index in [1.54, 1.807) is 0 Å². The summed E-state index contributed by atoms with van der Waals surface area (Å²) in [6.07, 6.45) is 2.06. The quantitative estimate of drug-likeness (QED) is 0.877. The van der Waals surface area contributed by atoms with Crippen LogP contribution in [-0.2, 0) is 4.74 Å². The van der Waals surface area contributed by atoms with E-state index in [0.29, 0.717) is 12.6 Å². The number of aryl methyl sites for hydroxylation is 1. The summed E-state index contributed by atoms with van der Waals surface area (Å²) >= 11 is 0. The number of hydrogen-bond acceptors (Lipinski definition) is 3. The zero-order valence-corrected chi connectivity index (χ0v) is 14.4. The molecular formula is C18H28N2O3. The highest BCUT2D eigenvalue weighted by Gasteiger charge is 2.23. The summed E-state index contributed by atoms with van der Waals surface area (Å²) in [6.45, 7) is 8.75. The molecule has 1 fully saturated rings. The lowest BCUT2D eigenvalue weighted by atomic mass is 10.1. The summed E-state index contributed by atoms with van der Waals surface area (Å²) in [5.74, 6) is 0.837. The van der Waals surface area contributed by atoms with E-state index in [-0.39, 0.29) is 12.1 Å². The lowest BCUT2D eigenvalue weighted by Crippen LogP contribution is -2.47. The number of benzene rings is 1. The molecule has 0 saturated carbocycles. The molecule has 1 aromatic carbocycles. The van der Waals surface area contributed by atoms with Crippen LogP contribution in [0, 0.1) is 6.92 Å². The minimum Gasteiger partial charge on any atom is -0.489 e. The van der Waals surface area contributed by atoms with Gasteiger partial charge >= 0.3 is 6.03 Å². The van der Waals surface area contributed by atoms with Gasteiger partial charge in [-0.05, 0) is 51.3 Å². The average molecular weight is 320 g/mol. The van der Waals surface area contributed by atoms with E-state index in [1.165, 1.54) is 0 Å². The van der Waals surface area contributed by atoms with Gasteiger partial charge in [0, 0.05) is 19.7 Å². The Kier molecular flexibility index (Phi) is 6.71. The first kappa shape index (κ1) is 17.6. The van der Waals surface area contributed by atoms with E-state index < -0.39 is 0 Å². The number of nitrogens with zero attached hydrogens (tertiary/aromatic N) is 1. The van der Waals surface area contributed by atoms with Crippen molar-refractivity contribution >= 4 is 6.03 Å². The van der Waals surface area contributed by atoms with Crippen LogP contribution < -0.4 is 10.1 Å². The lowest BCUT2D eigenvalue weighted by molar-refractivity contribution is 0.0218. The molecule has 0 unspecified atom stereocenters. The highest BCUT2D eigenvalue weighted by atomic mass is 16.5. The molecule has 2 amide bonds. The van der Waals surface area contributed by atoms with Crippen molar-refractivity contribution in [1.29, 1.82) is 0 Å². The van der Waals surface area contributed by atoms with Crippen molar-refractivity contribution in [2.45, 2.75) is 45.8 Å². The maximum Gasteiger partial charge on any atom is 0.317 e. The van der Waals surface area contributed by atoms with E-state index in [0.717, 1.165) is 43.9 Å². The Bertz CT molecular complexity index is 499. The molecule has 1 aliphatic heterocycles. The molecule has 2 rings (SSSR count). The third-order valence-electron chi connectivity index (χ3n) is 4.00. The van der Waals surface area contributed by atoms with Crippen LogP contribution in [0.2, 0.25) is 0 Å². The standard InChI is InChI=1S/C18H28N2O3/c1-4-22-16-8-10-20(11-9-16)18(21)19-13-15(3)23-17-7-5-6-14(2)12-17/h5-7,12,15-16H,4,8-11,13H2,1-3H3,(H,19,21)/t15-/m1/s1. The maximum absolute atomic E-state index is 12.2. The van der Waals surface area contributed by atoms with Crippen LogP contribution in [0.3, 0.4) is 0 Å². The van der Waals surface area contributed by atoms with Gasteiger partial charge in [0.25, 0.3) is 0 Å². The molecular weight excluding hydrogens is 292 g/mol. The molecule has 0 bridgehead atoms. The predicted octanol–water partition coefficient (Wildman–Crippen LogP) is 2.97. The van der Waals surface area contributed by atoms with Crippen molar-refractivity contribution in [3.8, 4) is 5.75 Å². The fourth-order valence-electron chi connectivity index (χ4n) is 2.77. The van der Waals surface area contributed by atoms with Crippen molar-refractivity contribution in [3.63, 3.8) is 0 Å². The van der Waals surface area contributed by atoms with Gasteiger partial charge in [-0.2, -0.15) is 0 Å². The summed E-state index contributed by atoms with van der Waals surface area (Å²) in [5, 5.41) is 2.96. The summed E-state index contributed by atoms with van der Waals surface area (Å²) in [5.41, 5.74) is 1.16. The Balaban J connectivity index is 1.70. The van der Waals surface area contributed by atoms with Crippen LogP contribution in [0.4, 0.5) is 4.79 Å². The van der Waals surface area contributed by atoms with Crippen LogP contribution in [0.15, 0.2) is 24.3 Å². The molecule has 5 nitrogen and oxygen atoms in total. The van der Waals surface area contributed by atoms with E-state index in [1.807, 2.05) is 49.9 Å². The molecule has 0 aliphatic carbocycles. The molecule has 5 heteroatoms. The second-order valence-electron chi connectivity index (χ2n) is 6.07. The largest absolute Gasteiger partial charge is 0.489 e. The van der Waals surface area contributed by atoms with E-state index in [9.17, 15) is 4.79 Å². The first-order valence-corrected chi connectivity index (χ1v) is 8.46. The molecule has 1 atom stereocenters. The Labute approximate surface area is 139 Å². The number of likely N-dealkylation sites (tertiary alicyclic amines) is 1. The monoisotopic (exact) mass is 320 g/mol. The normalized spacial score (nSPS) is 16.9. The van der Waals surface area contributed by atoms with Crippen LogP contribution in [0.25, 0.3) is 0 Å². The summed E-state index contributed by atoms with van der Waals surface area (Å²) < 4.78 is 11.4. The Morgan fingerprint density at radius 3 is 2.78 bits per heavy atom.